The van der Waals surface area contributed by atoms with Gasteiger partial charge in [0.1, 0.15) is 6.61 Å². The maximum atomic E-state index is 12.6. The molecular formula is C43H78NO8P. The Bertz CT molecular complexity index is 1010. The lowest BCUT2D eigenvalue weighted by molar-refractivity contribution is -0.161. The van der Waals surface area contributed by atoms with Gasteiger partial charge in [0.25, 0.3) is 0 Å². The van der Waals surface area contributed by atoms with Crippen molar-refractivity contribution >= 4 is 19.8 Å². The molecule has 0 aromatic heterocycles. The van der Waals surface area contributed by atoms with E-state index in [-0.39, 0.29) is 32.6 Å². The largest absolute Gasteiger partial charge is 0.472 e. The molecule has 3 N–H and O–H groups in total. The Labute approximate surface area is 324 Å². The fourth-order valence-corrected chi connectivity index (χ4v) is 6.35. The van der Waals surface area contributed by atoms with Gasteiger partial charge >= 0.3 is 19.8 Å². The summed E-state index contributed by atoms with van der Waals surface area (Å²) in [5.74, 6) is -0.854. The van der Waals surface area contributed by atoms with Crippen LogP contribution in [0.3, 0.4) is 0 Å². The van der Waals surface area contributed by atoms with Crippen LogP contribution in [0.5, 0.6) is 0 Å². The molecule has 0 rings (SSSR count). The van der Waals surface area contributed by atoms with E-state index in [0.717, 1.165) is 83.5 Å². The lowest BCUT2D eigenvalue weighted by Crippen LogP contribution is -2.29. The number of unbranched alkanes of at least 4 members (excludes halogenated alkanes) is 18. The normalized spacial score (nSPS) is 13.8. The molecule has 0 radical (unpaired) electrons. The quantitative estimate of drug-likeness (QED) is 0.0271. The molecule has 0 aliphatic rings. The van der Waals surface area contributed by atoms with Gasteiger partial charge in [0, 0.05) is 19.4 Å². The fourth-order valence-electron chi connectivity index (χ4n) is 5.58. The van der Waals surface area contributed by atoms with Gasteiger partial charge < -0.3 is 20.1 Å². The Morgan fingerprint density at radius 2 is 1.04 bits per heavy atom. The van der Waals surface area contributed by atoms with E-state index in [1.807, 2.05) is 0 Å². The summed E-state index contributed by atoms with van der Waals surface area (Å²) in [7, 11) is -4.38. The second-order valence-corrected chi connectivity index (χ2v) is 15.3. The standard InChI is InChI=1S/C43H78NO8P/c1-3-5-7-9-11-13-15-17-19-20-22-23-25-27-29-31-33-35-42(45)49-39-41(40-51-53(47,48)50-38-37-44)52-43(46)36-34-32-30-28-26-24-21-18-16-14-12-10-8-6-4-2/h6,8,12,14,17-19,21,41H,3-5,7,9-11,13,15-16,20,22-40,44H2,1-2H3,(H,47,48)/b8-6-,14-12-,19-17-,21-18-. The molecule has 0 aromatic carbocycles. The summed E-state index contributed by atoms with van der Waals surface area (Å²) in [6.45, 7) is 3.59. The van der Waals surface area contributed by atoms with Crippen LogP contribution in [0.15, 0.2) is 48.6 Å². The van der Waals surface area contributed by atoms with E-state index < -0.39 is 32.5 Å². The topological polar surface area (TPSA) is 134 Å². The summed E-state index contributed by atoms with van der Waals surface area (Å²) in [6, 6.07) is 0. The first kappa shape index (κ1) is 51.0. The Hall–Kier alpha value is -2.03. The second kappa shape index (κ2) is 39.7. The number of phosphoric acid groups is 1. The molecule has 0 saturated heterocycles. The van der Waals surface area contributed by atoms with Crippen LogP contribution in [-0.4, -0.2) is 49.3 Å². The van der Waals surface area contributed by atoms with Crippen molar-refractivity contribution in [2.45, 2.75) is 187 Å². The van der Waals surface area contributed by atoms with Gasteiger partial charge in [0.2, 0.25) is 0 Å². The number of hydrogen-bond acceptors (Lipinski definition) is 8. The minimum Gasteiger partial charge on any atom is -0.462 e. The summed E-state index contributed by atoms with van der Waals surface area (Å²) in [5.41, 5.74) is 5.34. The molecule has 10 heteroatoms. The first-order chi connectivity index (χ1) is 25.8. The smallest absolute Gasteiger partial charge is 0.462 e. The monoisotopic (exact) mass is 768 g/mol. The predicted molar refractivity (Wildman–Crippen MR) is 220 cm³/mol. The molecule has 0 aromatic rings. The first-order valence-corrected chi connectivity index (χ1v) is 22.6. The van der Waals surface area contributed by atoms with Gasteiger partial charge in [0.15, 0.2) is 6.10 Å². The molecule has 0 aliphatic heterocycles. The van der Waals surface area contributed by atoms with Crippen LogP contribution in [-0.2, 0) is 32.7 Å². The SMILES string of the molecule is CC/C=C\C/C=C\C/C=C\CCCCCCCC(=O)OC(COC(=O)CCCCCCCCC/C=C\CCCCCCCC)COP(=O)(O)OCCN. The van der Waals surface area contributed by atoms with Gasteiger partial charge in [-0.3, -0.25) is 18.6 Å². The highest BCUT2D eigenvalue weighted by molar-refractivity contribution is 7.47. The molecule has 0 amide bonds. The number of allylic oxidation sites excluding steroid dienone is 8. The van der Waals surface area contributed by atoms with Crippen molar-refractivity contribution < 1.29 is 37.6 Å². The van der Waals surface area contributed by atoms with E-state index in [2.05, 4.69) is 62.5 Å². The van der Waals surface area contributed by atoms with E-state index in [0.29, 0.717) is 6.42 Å². The Morgan fingerprint density at radius 1 is 0.585 bits per heavy atom. The van der Waals surface area contributed by atoms with Crippen molar-refractivity contribution in [2.24, 2.45) is 5.73 Å². The molecule has 0 bridgehead atoms. The van der Waals surface area contributed by atoms with Gasteiger partial charge in [-0.2, -0.15) is 0 Å². The second-order valence-electron chi connectivity index (χ2n) is 13.8. The molecule has 0 aliphatic carbocycles. The van der Waals surface area contributed by atoms with Crippen molar-refractivity contribution in [3.8, 4) is 0 Å². The van der Waals surface area contributed by atoms with Crippen LogP contribution in [0.2, 0.25) is 0 Å². The van der Waals surface area contributed by atoms with E-state index >= 15 is 0 Å². The third-order valence-electron chi connectivity index (χ3n) is 8.70. The third-order valence-corrected chi connectivity index (χ3v) is 9.68. The number of hydrogen-bond donors (Lipinski definition) is 2. The van der Waals surface area contributed by atoms with Crippen molar-refractivity contribution in [2.75, 3.05) is 26.4 Å². The summed E-state index contributed by atoms with van der Waals surface area (Å²) in [5, 5.41) is 0. The molecule has 9 nitrogen and oxygen atoms in total. The van der Waals surface area contributed by atoms with E-state index in [1.54, 1.807) is 0 Å². The molecule has 53 heavy (non-hydrogen) atoms. The van der Waals surface area contributed by atoms with E-state index in [1.165, 1.54) is 64.2 Å². The molecule has 0 saturated carbocycles. The maximum Gasteiger partial charge on any atom is 0.472 e. The molecular weight excluding hydrogens is 689 g/mol. The van der Waals surface area contributed by atoms with E-state index in [4.69, 9.17) is 24.3 Å². The summed E-state index contributed by atoms with van der Waals surface area (Å²) >= 11 is 0. The molecule has 2 unspecified atom stereocenters. The number of carbonyl (C=O) groups is 2. The van der Waals surface area contributed by atoms with Crippen LogP contribution >= 0.6 is 7.82 Å². The number of nitrogens with two attached hydrogens (primary N) is 1. The van der Waals surface area contributed by atoms with Crippen LogP contribution in [0.1, 0.15) is 181 Å². The van der Waals surface area contributed by atoms with Crippen LogP contribution in [0.4, 0.5) is 0 Å². The number of esters is 2. The number of carbonyl (C=O) groups excluding carboxylic acids is 2. The number of rotatable bonds is 39. The molecule has 308 valence electrons. The predicted octanol–water partition coefficient (Wildman–Crippen LogP) is 11.9. The Kier molecular flexibility index (Phi) is 38.1. The molecule has 0 heterocycles. The minimum absolute atomic E-state index is 0.0483. The van der Waals surface area contributed by atoms with Gasteiger partial charge in [-0.1, -0.05) is 146 Å². The zero-order chi connectivity index (χ0) is 38.9. The lowest BCUT2D eigenvalue weighted by atomic mass is 10.1. The average Bonchev–Trinajstić information content (AvgIpc) is 3.14. The van der Waals surface area contributed by atoms with Crippen molar-refractivity contribution in [3.05, 3.63) is 48.6 Å². The zero-order valence-electron chi connectivity index (χ0n) is 33.7. The highest BCUT2D eigenvalue weighted by Crippen LogP contribution is 2.43. The summed E-state index contributed by atoms with van der Waals surface area (Å²) in [6.07, 6.45) is 44.2. The molecule has 0 fully saturated rings. The van der Waals surface area contributed by atoms with Gasteiger partial charge in [-0.15, -0.1) is 0 Å². The van der Waals surface area contributed by atoms with Crippen LogP contribution in [0.25, 0.3) is 0 Å². The molecule has 2 atom stereocenters. The summed E-state index contributed by atoms with van der Waals surface area (Å²) < 4.78 is 32.7. The average molecular weight is 768 g/mol. The van der Waals surface area contributed by atoms with Gasteiger partial charge in [-0.25, -0.2) is 4.57 Å². The highest BCUT2D eigenvalue weighted by Gasteiger charge is 2.26. The number of ether oxygens (including phenoxy) is 2. The first-order valence-electron chi connectivity index (χ1n) is 21.1. The van der Waals surface area contributed by atoms with Crippen molar-refractivity contribution in [1.29, 1.82) is 0 Å². The highest BCUT2D eigenvalue weighted by atomic mass is 31.2. The fraction of sp³-hybridized carbons (Fsp3) is 0.767. The van der Waals surface area contributed by atoms with Gasteiger partial charge in [0.05, 0.1) is 13.2 Å². The maximum absolute atomic E-state index is 12.6. The minimum atomic E-state index is -4.38. The van der Waals surface area contributed by atoms with E-state index in [9.17, 15) is 19.0 Å². The molecule has 0 spiro atoms. The van der Waals surface area contributed by atoms with Gasteiger partial charge in [-0.05, 0) is 70.6 Å². The number of phosphoric ester groups is 1. The lowest BCUT2D eigenvalue weighted by Gasteiger charge is -2.19. The van der Waals surface area contributed by atoms with Crippen molar-refractivity contribution in [3.63, 3.8) is 0 Å². The Morgan fingerprint density at radius 3 is 1.57 bits per heavy atom. The zero-order valence-corrected chi connectivity index (χ0v) is 34.6. The van der Waals surface area contributed by atoms with Crippen LogP contribution in [0, 0.1) is 0 Å². The van der Waals surface area contributed by atoms with Crippen molar-refractivity contribution in [1.82, 2.24) is 0 Å². The van der Waals surface area contributed by atoms with Crippen LogP contribution < -0.4 is 5.73 Å². The third kappa shape index (κ3) is 39.5. The Balaban J connectivity index is 4.19. The summed E-state index contributed by atoms with van der Waals surface area (Å²) in [4.78, 5) is 34.8.